The summed E-state index contributed by atoms with van der Waals surface area (Å²) in [4.78, 5) is 12.1. The van der Waals surface area contributed by atoms with E-state index in [0.29, 0.717) is 22.6 Å². The predicted octanol–water partition coefficient (Wildman–Crippen LogP) is 5.69. The Balaban J connectivity index is 0.000000287. The standard InChI is InChI=1S/C21H22N2O8S.C11H12N2O4S.2C6H7NO3S.CH4S/c1-10(24)12-8-17(31-3)13(9-16(12)30-2)21(26)23-15-6-7-18(32(27,28)29)11-4-5-14(22)20(25)19(11)15;1-13-8-4-5-9(18(15,16)17)6-2-3-7(12)11(14)10(6)8;2*7-5-1-3-6(4-2-5)11(8,9)10;1-2/h4-10,24-25H,22H2,1-3H3,(H,23,26)(H,27,28,29);2-5,13-14H,12H2,1H3,(H,15,16,17);2*1-4H,7H2,(H,8,9,10);2H,1H3. The lowest BCUT2D eigenvalue weighted by Crippen LogP contribution is -2.15. The summed E-state index contributed by atoms with van der Waals surface area (Å²) in [5.41, 5.74) is 23.9. The monoisotopic (exact) mass is 1120 g/mol. The summed E-state index contributed by atoms with van der Waals surface area (Å²) in [6, 6.07) is 23.9. The minimum atomic E-state index is -4.61. The van der Waals surface area contributed by atoms with Crippen LogP contribution in [0.3, 0.4) is 0 Å². The molecule has 24 nitrogen and oxygen atoms in total. The zero-order valence-electron chi connectivity index (χ0n) is 39.5. The molecule has 0 bridgehead atoms. The molecule has 0 aliphatic rings. The second-order valence-corrected chi connectivity index (χ2v) is 20.4. The van der Waals surface area contributed by atoms with Crippen molar-refractivity contribution in [3.63, 3.8) is 0 Å². The molecule has 1 unspecified atom stereocenters. The van der Waals surface area contributed by atoms with Crippen LogP contribution in [0.25, 0.3) is 21.5 Å². The van der Waals surface area contributed by atoms with Gasteiger partial charge in [-0.05, 0) is 110 Å². The number of carbonyl (C=O) groups excluding carboxylic acids is 1. The lowest BCUT2D eigenvalue weighted by Gasteiger charge is -2.17. The molecule has 17 N–H and O–H groups in total. The molecule has 0 aromatic heterocycles. The van der Waals surface area contributed by atoms with Crippen LogP contribution in [-0.2, 0) is 40.5 Å². The molecule has 1 atom stereocenters. The van der Waals surface area contributed by atoms with Crippen LogP contribution in [0, 0.1) is 0 Å². The average molecular weight is 1130 g/mol. The number of ether oxygens (including phenoxy) is 2. The lowest BCUT2D eigenvalue weighted by molar-refractivity contribution is 0.102. The van der Waals surface area contributed by atoms with Crippen LogP contribution in [0.2, 0.25) is 0 Å². The van der Waals surface area contributed by atoms with Gasteiger partial charge in [-0.3, -0.25) is 23.0 Å². The van der Waals surface area contributed by atoms with Gasteiger partial charge in [0.15, 0.2) is 0 Å². The summed E-state index contributed by atoms with van der Waals surface area (Å²) in [6.07, 6.45) is 0.813. The van der Waals surface area contributed by atoms with Gasteiger partial charge in [-0.2, -0.15) is 46.3 Å². The summed E-state index contributed by atoms with van der Waals surface area (Å²) < 4.78 is 134. The number of hydrogen-bond donors (Lipinski definition) is 14. The summed E-state index contributed by atoms with van der Waals surface area (Å²) in [5.74, 6) is -0.939. The third-order valence-electron chi connectivity index (χ3n) is 9.97. The van der Waals surface area contributed by atoms with Crippen molar-refractivity contribution in [3.05, 3.63) is 120 Å². The molecule has 0 saturated heterocycles. The van der Waals surface area contributed by atoms with E-state index in [-0.39, 0.29) is 76.1 Å². The number of nitrogens with one attached hydrogen (secondary N) is 2. The van der Waals surface area contributed by atoms with E-state index in [1.807, 2.05) is 0 Å². The number of aliphatic hydroxyl groups excluding tert-OH is 1. The van der Waals surface area contributed by atoms with Gasteiger partial charge in [0.2, 0.25) is 0 Å². The average Bonchev–Trinajstić information content (AvgIpc) is 3.33. The van der Waals surface area contributed by atoms with Crippen molar-refractivity contribution < 1.29 is 81.5 Å². The first kappa shape index (κ1) is 61.0. The van der Waals surface area contributed by atoms with Crippen molar-refractivity contribution in [1.29, 1.82) is 0 Å². The van der Waals surface area contributed by atoms with E-state index in [1.165, 1.54) is 124 Å². The van der Waals surface area contributed by atoms with Gasteiger partial charge in [-0.25, -0.2) is 0 Å². The number of aromatic hydroxyl groups is 2. The maximum absolute atomic E-state index is 13.1. The number of nitrogens with two attached hydrogens (primary N) is 4. The maximum Gasteiger partial charge on any atom is 0.295 e. The molecule has 0 aliphatic heterocycles. The van der Waals surface area contributed by atoms with Crippen molar-refractivity contribution >= 4 is 115 Å². The fraction of sp³-hybridized carbons (Fsp3) is 0.133. The lowest BCUT2D eigenvalue weighted by atomic mass is 10.0. The highest BCUT2D eigenvalue weighted by Gasteiger charge is 2.24. The Hall–Kier alpha value is -7.32. The first-order valence-electron chi connectivity index (χ1n) is 20.4. The van der Waals surface area contributed by atoms with Crippen LogP contribution in [0.5, 0.6) is 23.0 Å². The Labute approximate surface area is 431 Å². The third-order valence-corrected chi connectivity index (χ3v) is 13.5. The van der Waals surface area contributed by atoms with E-state index < -0.39 is 63.1 Å². The summed E-state index contributed by atoms with van der Waals surface area (Å²) >= 11 is 3.53. The second kappa shape index (κ2) is 25.1. The molecule has 74 heavy (non-hydrogen) atoms. The number of phenols is 2. The highest BCUT2D eigenvalue weighted by Crippen LogP contribution is 2.41. The van der Waals surface area contributed by atoms with Crippen LogP contribution in [0.4, 0.5) is 34.1 Å². The molecule has 0 spiro atoms. The molecule has 1 amide bonds. The predicted molar refractivity (Wildman–Crippen MR) is 284 cm³/mol. The number of aliphatic hydroxyl groups is 1. The van der Waals surface area contributed by atoms with Crippen LogP contribution in [-0.4, -0.2) is 101 Å². The molecule has 7 aromatic carbocycles. The van der Waals surface area contributed by atoms with Crippen molar-refractivity contribution in [1.82, 2.24) is 0 Å². The second-order valence-electron chi connectivity index (χ2n) is 14.8. The van der Waals surface area contributed by atoms with Gasteiger partial charge < -0.3 is 58.4 Å². The topological polar surface area (TPSA) is 442 Å². The molecule has 0 heterocycles. The van der Waals surface area contributed by atoms with E-state index in [1.54, 1.807) is 13.3 Å². The number of benzene rings is 7. The number of anilines is 6. The first-order valence-corrected chi connectivity index (χ1v) is 27.1. The van der Waals surface area contributed by atoms with Gasteiger partial charge in [0.1, 0.15) is 32.8 Å². The van der Waals surface area contributed by atoms with Crippen LogP contribution >= 0.6 is 12.6 Å². The van der Waals surface area contributed by atoms with E-state index in [2.05, 4.69) is 23.3 Å². The molecule has 0 fully saturated rings. The Bertz CT molecular complexity index is 3550. The van der Waals surface area contributed by atoms with Crippen molar-refractivity contribution in [2.75, 3.05) is 61.1 Å². The van der Waals surface area contributed by atoms with E-state index in [0.717, 1.165) is 6.07 Å². The summed E-state index contributed by atoms with van der Waals surface area (Å²) in [6.45, 7) is 1.53. The maximum atomic E-state index is 13.1. The number of thiol groups is 1. The minimum absolute atomic E-state index is 0.0361. The Morgan fingerprint density at radius 2 is 0.932 bits per heavy atom. The Morgan fingerprint density at radius 3 is 1.27 bits per heavy atom. The highest BCUT2D eigenvalue weighted by molar-refractivity contribution is 7.86. The number of phenolic OH excluding ortho intramolecular Hbond substituents is 2. The SMILES string of the molecule is CNc1ccc(S(=O)(=O)O)c2ccc(N)c(O)c12.COc1cc(C(C)O)c(OC)cc1C(=O)Nc1ccc(S(=O)(=O)O)c2ccc(N)c(O)c12.CS.Nc1ccc(S(=O)(=O)O)cc1.Nc1ccc(S(=O)(=O)O)cc1. The largest absolute Gasteiger partial charge is 0.505 e. The van der Waals surface area contributed by atoms with Crippen LogP contribution < -0.4 is 43.0 Å². The van der Waals surface area contributed by atoms with Gasteiger partial charge in [0, 0.05) is 40.4 Å². The van der Waals surface area contributed by atoms with Gasteiger partial charge in [0.05, 0.1) is 63.5 Å². The number of rotatable bonds is 10. The molecular weight excluding hydrogens is 1070 g/mol. The summed E-state index contributed by atoms with van der Waals surface area (Å²) in [5, 5.41) is 36.1. The van der Waals surface area contributed by atoms with Crippen molar-refractivity contribution in [2.24, 2.45) is 0 Å². The minimum Gasteiger partial charge on any atom is -0.505 e. The number of carbonyl (C=O) groups is 1. The van der Waals surface area contributed by atoms with E-state index >= 15 is 0 Å². The first-order chi connectivity index (χ1) is 34.3. The number of hydrogen-bond acceptors (Lipinski definition) is 20. The Kier molecular flexibility index (Phi) is 20.7. The fourth-order valence-electron chi connectivity index (χ4n) is 6.49. The molecule has 0 aliphatic carbocycles. The third kappa shape index (κ3) is 15.4. The Morgan fingerprint density at radius 1 is 0.554 bits per heavy atom. The molecule has 0 saturated carbocycles. The number of methoxy groups -OCH3 is 2. The zero-order chi connectivity index (χ0) is 56.3. The van der Waals surface area contributed by atoms with Gasteiger partial charge >= 0.3 is 0 Å². The number of amides is 1. The highest BCUT2D eigenvalue weighted by atomic mass is 32.2. The smallest absolute Gasteiger partial charge is 0.295 e. The number of fused-ring (bicyclic) bond motifs is 2. The molecule has 7 aromatic rings. The summed E-state index contributed by atoms with van der Waals surface area (Å²) in [7, 11) is -12.8. The van der Waals surface area contributed by atoms with Crippen molar-refractivity contribution in [2.45, 2.75) is 32.6 Å². The van der Waals surface area contributed by atoms with Gasteiger partial charge in [-0.1, -0.05) is 12.1 Å². The van der Waals surface area contributed by atoms with Crippen LogP contribution in [0.15, 0.2) is 129 Å². The van der Waals surface area contributed by atoms with E-state index in [4.69, 9.17) is 46.1 Å². The zero-order valence-corrected chi connectivity index (χ0v) is 43.6. The molecule has 7 rings (SSSR count). The van der Waals surface area contributed by atoms with Crippen LogP contribution in [0.1, 0.15) is 28.9 Å². The molecular formula is C45H52N6O18S5. The van der Waals surface area contributed by atoms with Crippen molar-refractivity contribution in [3.8, 4) is 23.0 Å². The molecule has 29 heteroatoms. The fourth-order valence-corrected chi connectivity index (χ4v) is 8.83. The van der Waals surface area contributed by atoms with Gasteiger partial charge in [-0.15, -0.1) is 0 Å². The number of nitrogen functional groups attached to an aromatic ring is 4. The normalized spacial score (nSPS) is 11.7. The quantitative estimate of drug-likeness (QED) is 0.0338. The van der Waals surface area contributed by atoms with E-state index in [9.17, 15) is 58.3 Å². The molecule has 0 radical (unpaired) electrons. The van der Waals surface area contributed by atoms with Gasteiger partial charge in [0.25, 0.3) is 46.4 Å². The molecule has 400 valence electrons.